The zero-order chi connectivity index (χ0) is 20.7. The first-order valence-corrected chi connectivity index (χ1v) is 11.2. The molecule has 3 rings (SSSR count). The van der Waals surface area contributed by atoms with Gasteiger partial charge in [-0.15, -0.1) is 0 Å². The maximum Gasteiger partial charge on any atom is 0.324 e. The summed E-state index contributed by atoms with van der Waals surface area (Å²) in [5.41, 5.74) is -0.692. The molecule has 9 heteroatoms. The zero-order valence-corrected chi connectivity index (χ0v) is 18.2. The first-order chi connectivity index (χ1) is 13.0. The van der Waals surface area contributed by atoms with Crippen LogP contribution in [0.2, 0.25) is 10.2 Å². The van der Waals surface area contributed by atoms with Crippen LogP contribution in [0.15, 0.2) is 29.3 Å². The predicted octanol–water partition coefficient (Wildman–Crippen LogP) is 4.43. The van der Waals surface area contributed by atoms with Gasteiger partial charge in [-0.25, -0.2) is 13.4 Å². The summed E-state index contributed by atoms with van der Waals surface area (Å²) in [6, 6.07) is 3.68. The summed E-state index contributed by atoms with van der Waals surface area (Å²) in [4.78, 5) is 16.7. The molecule has 0 bridgehead atoms. The van der Waals surface area contributed by atoms with Gasteiger partial charge in [-0.2, -0.15) is 4.31 Å². The zero-order valence-electron chi connectivity index (χ0n) is 15.9. The van der Waals surface area contributed by atoms with Crippen LogP contribution in [0.4, 0.5) is 0 Å². The Morgan fingerprint density at radius 2 is 1.93 bits per heavy atom. The number of rotatable bonds is 3. The number of hydrogen-bond donors (Lipinski definition) is 0. The van der Waals surface area contributed by atoms with Crippen molar-refractivity contribution < 1.29 is 17.9 Å². The summed E-state index contributed by atoms with van der Waals surface area (Å²) in [6.45, 7) is 5.53. The number of benzene rings is 1. The first-order valence-electron chi connectivity index (χ1n) is 8.99. The molecule has 0 saturated carbocycles. The van der Waals surface area contributed by atoms with Crippen LogP contribution in [0.1, 0.15) is 40.0 Å². The molecule has 1 atom stereocenters. The third-order valence-electron chi connectivity index (χ3n) is 4.50. The van der Waals surface area contributed by atoms with Gasteiger partial charge < -0.3 is 4.74 Å². The van der Waals surface area contributed by atoms with Crippen LogP contribution >= 0.6 is 23.2 Å². The predicted molar refractivity (Wildman–Crippen MR) is 109 cm³/mol. The van der Waals surface area contributed by atoms with Gasteiger partial charge in [0.1, 0.15) is 16.8 Å². The standard InChI is InChI=1S/C19H22Cl2N2O4S/c1-19(2,3)27-18(24)16-6-4-5-9-23(16)28(25,26)12-7-8-13-14(10-12)17(21)22-11-15(13)20/h7-8,10-11,16H,4-6,9H2,1-3H3/t16-/m1/s1. The van der Waals surface area contributed by atoms with Gasteiger partial charge in [-0.1, -0.05) is 29.3 Å². The minimum Gasteiger partial charge on any atom is -0.459 e. The van der Waals surface area contributed by atoms with Crippen LogP contribution in [-0.2, 0) is 19.6 Å². The molecule has 2 heterocycles. The second-order valence-corrected chi connectivity index (χ2v) is 10.4. The van der Waals surface area contributed by atoms with Crippen LogP contribution in [0.25, 0.3) is 10.8 Å². The number of sulfonamides is 1. The molecule has 1 aliphatic heterocycles. The van der Waals surface area contributed by atoms with Gasteiger partial charge in [-0.05, 0) is 52.2 Å². The lowest BCUT2D eigenvalue weighted by Gasteiger charge is -2.34. The summed E-state index contributed by atoms with van der Waals surface area (Å²) < 4.78 is 33.3. The van der Waals surface area contributed by atoms with E-state index in [0.717, 1.165) is 6.42 Å². The molecule has 2 aromatic rings. The Balaban J connectivity index is 2.01. The molecule has 0 unspecified atom stereocenters. The second-order valence-electron chi connectivity index (χ2n) is 7.77. The molecule has 0 amide bonds. The number of hydrogen-bond acceptors (Lipinski definition) is 5. The van der Waals surface area contributed by atoms with Gasteiger partial charge in [0.2, 0.25) is 10.0 Å². The molecule has 0 N–H and O–H groups in total. The summed E-state index contributed by atoms with van der Waals surface area (Å²) in [5, 5.41) is 1.61. The topological polar surface area (TPSA) is 76.6 Å². The summed E-state index contributed by atoms with van der Waals surface area (Å²) in [5.74, 6) is -0.528. The number of nitrogens with zero attached hydrogens (tertiary/aromatic N) is 2. The van der Waals surface area contributed by atoms with Crippen LogP contribution in [0, 0.1) is 0 Å². The van der Waals surface area contributed by atoms with E-state index in [1.807, 2.05) is 0 Å². The van der Waals surface area contributed by atoms with E-state index in [1.54, 1.807) is 26.8 Å². The number of piperidine rings is 1. The monoisotopic (exact) mass is 444 g/mol. The van der Waals surface area contributed by atoms with Crippen molar-refractivity contribution in [3.8, 4) is 0 Å². The summed E-state index contributed by atoms with van der Waals surface area (Å²) in [7, 11) is -3.93. The highest BCUT2D eigenvalue weighted by molar-refractivity contribution is 7.89. The van der Waals surface area contributed by atoms with E-state index in [2.05, 4.69) is 4.98 Å². The highest BCUT2D eigenvalue weighted by atomic mass is 35.5. The van der Waals surface area contributed by atoms with Gasteiger partial charge in [0.15, 0.2) is 0 Å². The van der Waals surface area contributed by atoms with E-state index in [4.69, 9.17) is 27.9 Å². The summed E-state index contributed by atoms with van der Waals surface area (Å²) in [6.07, 6.45) is 3.29. The molecule has 152 valence electrons. The summed E-state index contributed by atoms with van der Waals surface area (Å²) >= 11 is 12.3. The van der Waals surface area contributed by atoms with Gasteiger partial charge in [0.05, 0.1) is 9.92 Å². The maximum absolute atomic E-state index is 13.3. The van der Waals surface area contributed by atoms with Gasteiger partial charge in [0, 0.05) is 23.5 Å². The normalized spacial score (nSPS) is 19.0. The van der Waals surface area contributed by atoms with Crippen LogP contribution < -0.4 is 0 Å². The molecular weight excluding hydrogens is 423 g/mol. The van der Waals surface area contributed by atoms with E-state index >= 15 is 0 Å². The van der Waals surface area contributed by atoms with Gasteiger partial charge >= 0.3 is 5.97 Å². The van der Waals surface area contributed by atoms with E-state index in [1.165, 1.54) is 22.6 Å². The lowest BCUT2D eigenvalue weighted by Crippen LogP contribution is -2.49. The van der Waals surface area contributed by atoms with Crippen LogP contribution in [0.3, 0.4) is 0 Å². The number of esters is 1. The fourth-order valence-electron chi connectivity index (χ4n) is 3.25. The quantitative estimate of drug-likeness (QED) is 0.516. The second kappa shape index (κ2) is 7.78. The minimum atomic E-state index is -3.93. The average molecular weight is 445 g/mol. The minimum absolute atomic E-state index is 0.0430. The molecule has 0 aliphatic carbocycles. The van der Waals surface area contributed by atoms with Crippen molar-refractivity contribution in [1.82, 2.24) is 9.29 Å². The van der Waals surface area contributed by atoms with Crippen molar-refractivity contribution in [2.45, 2.75) is 56.6 Å². The first kappa shape index (κ1) is 21.3. The Morgan fingerprint density at radius 3 is 2.61 bits per heavy atom. The average Bonchev–Trinajstić information content (AvgIpc) is 2.63. The van der Waals surface area contributed by atoms with E-state index in [9.17, 15) is 13.2 Å². The molecule has 6 nitrogen and oxygen atoms in total. The molecule has 1 aliphatic rings. The van der Waals surface area contributed by atoms with Crippen LogP contribution in [-0.4, -0.2) is 41.9 Å². The Labute approximate surface area is 174 Å². The largest absolute Gasteiger partial charge is 0.459 e. The molecule has 1 saturated heterocycles. The molecular formula is C19H22Cl2N2O4S. The number of carbonyl (C=O) groups is 1. The molecule has 28 heavy (non-hydrogen) atoms. The Kier molecular flexibility index (Phi) is 5.92. The molecule has 1 fully saturated rings. The Hall–Kier alpha value is -1.41. The van der Waals surface area contributed by atoms with Crippen molar-refractivity contribution in [2.24, 2.45) is 0 Å². The van der Waals surface area contributed by atoms with Crippen LogP contribution in [0.5, 0.6) is 0 Å². The van der Waals surface area contributed by atoms with Crippen molar-refractivity contribution in [3.63, 3.8) is 0 Å². The fraction of sp³-hybridized carbons (Fsp3) is 0.474. The number of halogens is 2. The van der Waals surface area contributed by atoms with E-state index in [0.29, 0.717) is 28.6 Å². The van der Waals surface area contributed by atoms with Crippen molar-refractivity contribution in [1.29, 1.82) is 0 Å². The Morgan fingerprint density at radius 1 is 1.21 bits per heavy atom. The molecule has 0 spiro atoms. The number of aromatic nitrogens is 1. The number of pyridine rings is 1. The molecule has 1 aromatic heterocycles. The highest BCUT2D eigenvalue weighted by Gasteiger charge is 2.39. The lowest BCUT2D eigenvalue weighted by molar-refractivity contribution is -0.160. The van der Waals surface area contributed by atoms with E-state index in [-0.39, 0.29) is 16.6 Å². The van der Waals surface area contributed by atoms with Gasteiger partial charge in [-0.3, -0.25) is 4.79 Å². The lowest BCUT2D eigenvalue weighted by atomic mass is 10.0. The number of carbonyl (C=O) groups excluding carboxylic acids is 1. The molecule has 1 aromatic carbocycles. The van der Waals surface area contributed by atoms with Crippen molar-refractivity contribution >= 4 is 50.0 Å². The van der Waals surface area contributed by atoms with Crippen molar-refractivity contribution in [3.05, 3.63) is 34.6 Å². The third kappa shape index (κ3) is 4.27. The number of ether oxygens (including phenoxy) is 1. The number of fused-ring (bicyclic) bond motifs is 1. The van der Waals surface area contributed by atoms with Crippen molar-refractivity contribution in [2.75, 3.05) is 6.54 Å². The highest BCUT2D eigenvalue weighted by Crippen LogP contribution is 2.32. The van der Waals surface area contributed by atoms with E-state index < -0.39 is 27.6 Å². The third-order valence-corrected chi connectivity index (χ3v) is 7.01. The maximum atomic E-state index is 13.3. The molecule has 0 radical (unpaired) electrons. The fourth-order valence-corrected chi connectivity index (χ4v) is 5.34. The Bertz CT molecular complexity index is 1020. The SMILES string of the molecule is CC(C)(C)OC(=O)[C@H]1CCCCN1S(=O)(=O)c1ccc2c(Cl)cnc(Cl)c2c1. The smallest absolute Gasteiger partial charge is 0.324 e. The van der Waals surface area contributed by atoms with Gasteiger partial charge in [0.25, 0.3) is 0 Å².